The second-order valence-corrected chi connectivity index (χ2v) is 9.55. The van der Waals surface area contributed by atoms with Crippen molar-refractivity contribution >= 4 is 23.4 Å². The fourth-order valence-corrected chi connectivity index (χ4v) is 4.63. The number of aromatic nitrogens is 3. The molecule has 2 aromatic heterocycles. The molecule has 8 nitrogen and oxygen atoms in total. The van der Waals surface area contributed by atoms with Crippen molar-refractivity contribution in [3.05, 3.63) is 35.3 Å². The van der Waals surface area contributed by atoms with E-state index in [1.807, 2.05) is 39.8 Å². The van der Waals surface area contributed by atoms with Crippen LogP contribution in [0.15, 0.2) is 18.3 Å². The van der Waals surface area contributed by atoms with Gasteiger partial charge in [0.05, 0.1) is 5.69 Å². The van der Waals surface area contributed by atoms with E-state index >= 15 is 0 Å². The van der Waals surface area contributed by atoms with E-state index in [1.165, 1.54) is 12.3 Å². The smallest absolute Gasteiger partial charge is 0.351 e. The summed E-state index contributed by atoms with van der Waals surface area (Å²) >= 11 is 0. The maximum atomic E-state index is 12.7. The van der Waals surface area contributed by atoms with Crippen molar-refractivity contribution in [3.8, 4) is 0 Å². The van der Waals surface area contributed by atoms with E-state index in [0.717, 1.165) is 24.5 Å². The molecule has 1 amide bonds. The van der Waals surface area contributed by atoms with Gasteiger partial charge < -0.3 is 15.5 Å². The number of pyridine rings is 1. The molecular formula is C23H30F3N7O. The molecule has 1 saturated carbocycles. The van der Waals surface area contributed by atoms with Crippen LogP contribution in [0.25, 0.3) is 0 Å². The predicted molar refractivity (Wildman–Crippen MR) is 124 cm³/mol. The van der Waals surface area contributed by atoms with Gasteiger partial charge in [0.15, 0.2) is 5.82 Å². The van der Waals surface area contributed by atoms with Crippen LogP contribution < -0.4 is 15.5 Å². The third kappa shape index (κ3) is 4.79. The van der Waals surface area contributed by atoms with Gasteiger partial charge >= 0.3 is 6.18 Å². The summed E-state index contributed by atoms with van der Waals surface area (Å²) in [5.41, 5.74) is 1.21. The van der Waals surface area contributed by atoms with E-state index in [4.69, 9.17) is 0 Å². The fourth-order valence-electron chi connectivity index (χ4n) is 4.63. The Kier molecular flexibility index (Phi) is 6.41. The second-order valence-electron chi connectivity index (χ2n) is 9.55. The van der Waals surface area contributed by atoms with E-state index in [0.29, 0.717) is 35.7 Å². The summed E-state index contributed by atoms with van der Waals surface area (Å²) in [5.74, 6) is 1.31. The zero-order valence-corrected chi connectivity index (χ0v) is 19.9. The number of nitrogens with one attached hydrogen (secondary N) is 2. The Bertz CT molecular complexity index is 1050. The Morgan fingerprint density at radius 1 is 1.26 bits per heavy atom. The predicted octanol–water partition coefficient (Wildman–Crippen LogP) is 3.69. The molecule has 34 heavy (non-hydrogen) atoms. The van der Waals surface area contributed by atoms with E-state index < -0.39 is 11.9 Å². The van der Waals surface area contributed by atoms with Crippen LogP contribution in [-0.2, 0) is 17.5 Å². The molecule has 0 unspecified atom stereocenters. The Morgan fingerprint density at radius 3 is 2.56 bits per heavy atom. The highest BCUT2D eigenvalue weighted by atomic mass is 19.4. The average molecular weight is 478 g/mol. The Morgan fingerprint density at radius 2 is 1.97 bits per heavy atom. The molecule has 1 aliphatic carbocycles. The number of hydrogen-bond donors (Lipinski definition) is 2. The third-order valence-electron chi connectivity index (χ3n) is 6.59. The maximum Gasteiger partial charge on any atom is 0.433 e. The number of nitrogens with zero attached hydrogens (tertiary/aromatic N) is 5. The van der Waals surface area contributed by atoms with Gasteiger partial charge in [-0.05, 0) is 44.4 Å². The minimum Gasteiger partial charge on any atom is -0.351 e. The monoisotopic (exact) mass is 477 g/mol. The summed E-state index contributed by atoms with van der Waals surface area (Å²) in [4.78, 5) is 29.3. The largest absolute Gasteiger partial charge is 0.433 e. The average Bonchev–Trinajstić information content (AvgIpc) is 2.70. The minimum atomic E-state index is -4.43. The highest BCUT2D eigenvalue weighted by Crippen LogP contribution is 2.35. The van der Waals surface area contributed by atoms with Gasteiger partial charge in [-0.3, -0.25) is 14.7 Å². The molecule has 0 bridgehead atoms. The standard InChI is InChI=1S/C23H30F3N7O/c1-12(2)19-21(34)30-18-13(3)28-22(31-20(18)33(19)5)29-15-8-16(9-15)32(4)11-14-6-7-17(27-10-14)23(24,25)26/h6-7,10,12,15-16,19H,8-9,11H2,1-5H3,(H,30,34)(H,28,29,31)/t15?,16?,19-/m0/s1. The SMILES string of the molecule is Cc1nc(NC2CC(N(C)Cc3ccc(C(F)(F)F)nc3)C2)nc2c1NC(=O)[C@H](C(C)C)N2C. The van der Waals surface area contributed by atoms with Gasteiger partial charge in [0.25, 0.3) is 0 Å². The van der Waals surface area contributed by atoms with Crippen LogP contribution in [0.2, 0.25) is 0 Å². The first kappa shape index (κ1) is 24.2. The normalized spacial score (nSPS) is 22.5. The number of aryl methyl sites for hydroxylation is 1. The summed E-state index contributed by atoms with van der Waals surface area (Å²) in [5, 5.41) is 6.34. The Labute approximate surface area is 197 Å². The molecule has 2 N–H and O–H groups in total. The van der Waals surface area contributed by atoms with E-state index in [9.17, 15) is 18.0 Å². The zero-order valence-electron chi connectivity index (χ0n) is 19.9. The highest BCUT2D eigenvalue weighted by Gasteiger charge is 2.37. The molecule has 4 rings (SSSR count). The third-order valence-corrected chi connectivity index (χ3v) is 6.59. The fraction of sp³-hybridized carbons (Fsp3) is 0.565. The van der Waals surface area contributed by atoms with Crippen molar-refractivity contribution in [1.29, 1.82) is 0 Å². The molecule has 2 aliphatic rings. The lowest BCUT2D eigenvalue weighted by Gasteiger charge is -2.42. The lowest BCUT2D eigenvalue weighted by atomic mass is 9.85. The number of anilines is 3. The molecule has 0 saturated heterocycles. The second kappa shape index (κ2) is 9.01. The number of halogens is 3. The van der Waals surface area contributed by atoms with Crippen molar-refractivity contribution in [3.63, 3.8) is 0 Å². The summed E-state index contributed by atoms with van der Waals surface area (Å²) in [7, 11) is 3.84. The van der Waals surface area contributed by atoms with Gasteiger partial charge in [-0.1, -0.05) is 19.9 Å². The summed E-state index contributed by atoms with van der Waals surface area (Å²) < 4.78 is 38.1. The molecule has 1 fully saturated rings. The number of carbonyl (C=O) groups is 1. The molecule has 0 radical (unpaired) electrons. The molecule has 2 aromatic rings. The molecule has 1 atom stereocenters. The van der Waals surface area contributed by atoms with E-state index in [-0.39, 0.29) is 23.9 Å². The molecule has 3 heterocycles. The lowest BCUT2D eigenvalue weighted by molar-refractivity contribution is -0.141. The summed E-state index contributed by atoms with van der Waals surface area (Å²) in [6.07, 6.45) is -1.40. The minimum absolute atomic E-state index is 0.0504. The number of alkyl halides is 3. The number of hydrogen-bond acceptors (Lipinski definition) is 7. The van der Waals surface area contributed by atoms with Gasteiger partial charge in [0.2, 0.25) is 11.9 Å². The number of fused-ring (bicyclic) bond motifs is 1. The molecular weight excluding hydrogens is 447 g/mol. The summed E-state index contributed by atoms with van der Waals surface area (Å²) in [6, 6.07) is 2.69. The van der Waals surface area contributed by atoms with E-state index in [1.54, 1.807) is 0 Å². The molecule has 1 aliphatic heterocycles. The van der Waals surface area contributed by atoms with Crippen molar-refractivity contribution < 1.29 is 18.0 Å². The molecule has 184 valence electrons. The lowest BCUT2D eigenvalue weighted by Crippen LogP contribution is -2.50. The first-order valence-corrected chi connectivity index (χ1v) is 11.3. The first-order chi connectivity index (χ1) is 15.9. The summed E-state index contributed by atoms with van der Waals surface area (Å²) in [6.45, 7) is 6.39. The number of carbonyl (C=O) groups excluding carboxylic acids is 1. The van der Waals surface area contributed by atoms with Crippen LogP contribution in [0.3, 0.4) is 0 Å². The van der Waals surface area contributed by atoms with Crippen LogP contribution >= 0.6 is 0 Å². The van der Waals surface area contributed by atoms with Crippen molar-refractivity contribution in [2.24, 2.45) is 5.92 Å². The number of rotatable bonds is 6. The Balaban J connectivity index is 1.35. The molecule has 0 aromatic carbocycles. The molecule has 0 spiro atoms. The van der Waals surface area contributed by atoms with E-state index in [2.05, 4.69) is 30.5 Å². The van der Waals surface area contributed by atoms with Crippen molar-refractivity contribution in [2.75, 3.05) is 29.6 Å². The number of amides is 1. The number of likely N-dealkylation sites (N-methyl/N-ethyl adjacent to an activating group) is 1. The van der Waals surface area contributed by atoms with Gasteiger partial charge in [-0.2, -0.15) is 18.2 Å². The first-order valence-electron chi connectivity index (χ1n) is 11.3. The van der Waals surface area contributed by atoms with Crippen LogP contribution in [0, 0.1) is 12.8 Å². The van der Waals surface area contributed by atoms with Crippen LogP contribution in [0.4, 0.5) is 30.6 Å². The highest BCUT2D eigenvalue weighted by molar-refractivity contribution is 6.03. The van der Waals surface area contributed by atoms with Gasteiger partial charge in [-0.25, -0.2) is 4.98 Å². The quantitative estimate of drug-likeness (QED) is 0.656. The maximum absolute atomic E-state index is 12.7. The Hall–Kier alpha value is -2.95. The zero-order chi connectivity index (χ0) is 24.8. The van der Waals surface area contributed by atoms with Gasteiger partial charge in [0.1, 0.15) is 17.4 Å². The van der Waals surface area contributed by atoms with Crippen LogP contribution in [-0.4, -0.2) is 58.0 Å². The van der Waals surface area contributed by atoms with Crippen molar-refractivity contribution in [2.45, 2.75) is 64.5 Å². The topological polar surface area (TPSA) is 86.3 Å². The molecule has 11 heteroatoms. The van der Waals surface area contributed by atoms with Gasteiger partial charge in [0, 0.05) is 31.9 Å². The van der Waals surface area contributed by atoms with Crippen molar-refractivity contribution in [1.82, 2.24) is 19.9 Å². The van der Waals surface area contributed by atoms with Crippen LogP contribution in [0.5, 0.6) is 0 Å². The van der Waals surface area contributed by atoms with Gasteiger partial charge in [-0.15, -0.1) is 0 Å². The van der Waals surface area contributed by atoms with Crippen LogP contribution in [0.1, 0.15) is 43.6 Å².